The summed E-state index contributed by atoms with van der Waals surface area (Å²) in [7, 11) is 0. The summed E-state index contributed by atoms with van der Waals surface area (Å²) in [6.07, 6.45) is -3.08. The van der Waals surface area contributed by atoms with Crippen molar-refractivity contribution in [3.05, 3.63) is 108 Å². The Morgan fingerprint density at radius 2 is 1.28 bits per heavy atom. The van der Waals surface area contributed by atoms with Crippen LogP contribution in [0.25, 0.3) is 0 Å². The second-order valence-corrected chi connectivity index (χ2v) is 7.94. The Balaban J connectivity index is 1.74. The lowest BCUT2D eigenvalue weighted by Crippen LogP contribution is -2.52. The standard InChI is InChI=1S/C27H30O5/c1-2-30-25-18-23(28)26(29)24(32-25)19-31-27(20-12-6-3-7-13-20,21-14-8-4-9-15-21)22-16-10-5-11-17-22/h3-17,23-26,28-29H,2,18-19H2,1H3/t23-,24-,25+,26+/m1/s1. The van der Waals surface area contributed by atoms with E-state index in [0.717, 1.165) is 16.7 Å². The van der Waals surface area contributed by atoms with Crippen LogP contribution in [0.3, 0.4) is 0 Å². The Labute approximate surface area is 189 Å². The third kappa shape index (κ3) is 4.63. The van der Waals surface area contributed by atoms with E-state index >= 15 is 0 Å². The van der Waals surface area contributed by atoms with Gasteiger partial charge in [-0.3, -0.25) is 0 Å². The van der Waals surface area contributed by atoms with E-state index in [0.29, 0.717) is 6.61 Å². The zero-order valence-corrected chi connectivity index (χ0v) is 18.2. The van der Waals surface area contributed by atoms with Gasteiger partial charge in [-0.15, -0.1) is 0 Å². The van der Waals surface area contributed by atoms with Crippen molar-refractivity contribution < 1.29 is 24.4 Å². The van der Waals surface area contributed by atoms with Crippen LogP contribution in [0.4, 0.5) is 0 Å². The summed E-state index contributed by atoms with van der Waals surface area (Å²) in [6.45, 7) is 2.40. The summed E-state index contributed by atoms with van der Waals surface area (Å²) in [5.74, 6) is 0. The number of ether oxygens (including phenoxy) is 3. The smallest absolute Gasteiger partial charge is 0.160 e. The van der Waals surface area contributed by atoms with E-state index in [-0.39, 0.29) is 13.0 Å². The third-order valence-electron chi connectivity index (χ3n) is 5.89. The fourth-order valence-electron chi connectivity index (χ4n) is 4.32. The maximum absolute atomic E-state index is 10.6. The molecule has 4 rings (SSSR count). The highest BCUT2D eigenvalue weighted by molar-refractivity contribution is 5.47. The van der Waals surface area contributed by atoms with Gasteiger partial charge in [0.2, 0.25) is 0 Å². The van der Waals surface area contributed by atoms with Crippen LogP contribution in [0, 0.1) is 0 Å². The van der Waals surface area contributed by atoms with Crippen molar-refractivity contribution in [3.63, 3.8) is 0 Å². The number of aliphatic hydroxyl groups excluding tert-OH is 2. The number of benzene rings is 3. The molecule has 0 spiro atoms. The van der Waals surface area contributed by atoms with Gasteiger partial charge in [0.1, 0.15) is 17.8 Å². The van der Waals surface area contributed by atoms with Gasteiger partial charge in [-0.25, -0.2) is 0 Å². The van der Waals surface area contributed by atoms with Crippen molar-refractivity contribution in [1.82, 2.24) is 0 Å². The van der Waals surface area contributed by atoms with Gasteiger partial charge in [0.05, 0.1) is 12.7 Å². The van der Waals surface area contributed by atoms with Crippen molar-refractivity contribution in [2.45, 2.75) is 43.5 Å². The molecule has 5 heteroatoms. The highest BCUT2D eigenvalue weighted by atomic mass is 16.7. The molecule has 168 valence electrons. The van der Waals surface area contributed by atoms with Crippen molar-refractivity contribution in [1.29, 1.82) is 0 Å². The molecule has 0 radical (unpaired) electrons. The van der Waals surface area contributed by atoms with E-state index < -0.39 is 30.2 Å². The molecule has 4 atom stereocenters. The summed E-state index contributed by atoms with van der Waals surface area (Å²) in [6, 6.07) is 30.1. The van der Waals surface area contributed by atoms with E-state index in [4.69, 9.17) is 14.2 Å². The Morgan fingerprint density at radius 3 is 1.72 bits per heavy atom. The van der Waals surface area contributed by atoms with Crippen molar-refractivity contribution in [2.24, 2.45) is 0 Å². The summed E-state index contributed by atoms with van der Waals surface area (Å²) >= 11 is 0. The van der Waals surface area contributed by atoms with Crippen LogP contribution in [-0.2, 0) is 19.8 Å². The van der Waals surface area contributed by atoms with Crippen molar-refractivity contribution in [3.8, 4) is 0 Å². The molecule has 0 bridgehead atoms. The molecule has 1 heterocycles. The van der Waals surface area contributed by atoms with Gasteiger partial charge < -0.3 is 24.4 Å². The van der Waals surface area contributed by atoms with E-state index in [1.54, 1.807) is 0 Å². The fourth-order valence-corrected chi connectivity index (χ4v) is 4.32. The molecule has 1 saturated heterocycles. The first kappa shape index (κ1) is 22.6. The van der Waals surface area contributed by atoms with Crippen LogP contribution in [0.15, 0.2) is 91.0 Å². The summed E-state index contributed by atoms with van der Waals surface area (Å²) in [5, 5.41) is 21.0. The van der Waals surface area contributed by atoms with E-state index in [9.17, 15) is 10.2 Å². The molecule has 0 aliphatic carbocycles. The second kappa shape index (κ2) is 10.4. The van der Waals surface area contributed by atoms with Gasteiger partial charge >= 0.3 is 0 Å². The normalized spacial score (nSPS) is 23.7. The third-order valence-corrected chi connectivity index (χ3v) is 5.89. The molecule has 0 aromatic heterocycles. The minimum atomic E-state index is -1.06. The lowest BCUT2D eigenvalue weighted by Gasteiger charge is -2.40. The number of hydrogen-bond donors (Lipinski definition) is 2. The molecule has 0 amide bonds. The van der Waals surface area contributed by atoms with Gasteiger partial charge in [0, 0.05) is 13.0 Å². The van der Waals surface area contributed by atoms with Gasteiger partial charge in [-0.05, 0) is 23.6 Å². The van der Waals surface area contributed by atoms with Gasteiger partial charge in [-0.1, -0.05) is 91.0 Å². The quantitative estimate of drug-likeness (QED) is 0.527. The van der Waals surface area contributed by atoms with Crippen LogP contribution in [0.1, 0.15) is 30.0 Å². The van der Waals surface area contributed by atoms with Crippen LogP contribution >= 0.6 is 0 Å². The van der Waals surface area contributed by atoms with Crippen LogP contribution in [-0.4, -0.2) is 48.0 Å². The minimum absolute atomic E-state index is 0.0699. The van der Waals surface area contributed by atoms with E-state index in [2.05, 4.69) is 0 Å². The van der Waals surface area contributed by atoms with Gasteiger partial charge in [0.15, 0.2) is 6.29 Å². The van der Waals surface area contributed by atoms with Crippen LogP contribution in [0.2, 0.25) is 0 Å². The van der Waals surface area contributed by atoms with Crippen molar-refractivity contribution >= 4 is 0 Å². The van der Waals surface area contributed by atoms with Gasteiger partial charge in [0.25, 0.3) is 0 Å². The molecule has 3 aromatic rings. The number of aliphatic hydroxyl groups is 2. The predicted molar refractivity (Wildman–Crippen MR) is 122 cm³/mol. The number of rotatable bonds is 8. The average molecular weight is 435 g/mol. The molecule has 5 nitrogen and oxygen atoms in total. The molecule has 3 aromatic carbocycles. The first-order valence-corrected chi connectivity index (χ1v) is 11.1. The topological polar surface area (TPSA) is 68.2 Å². The monoisotopic (exact) mass is 434 g/mol. The molecular weight excluding hydrogens is 404 g/mol. The largest absolute Gasteiger partial charge is 0.390 e. The molecule has 1 fully saturated rings. The van der Waals surface area contributed by atoms with Crippen LogP contribution in [0.5, 0.6) is 0 Å². The summed E-state index contributed by atoms with van der Waals surface area (Å²) in [5.41, 5.74) is 1.97. The summed E-state index contributed by atoms with van der Waals surface area (Å²) < 4.78 is 18.2. The van der Waals surface area contributed by atoms with Crippen molar-refractivity contribution in [2.75, 3.05) is 13.2 Å². The molecule has 0 saturated carbocycles. The molecule has 1 aliphatic heterocycles. The lowest BCUT2D eigenvalue weighted by molar-refractivity contribution is -0.262. The van der Waals surface area contributed by atoms with Gasteiger partial charge in [-0.2, -0.15) is 0 Å². The first-order valence-electron chi connectivity index (χ1n) is 11.1. The first-order chi connectivity index (χ1) is 15.6. The second-order valence-electron chi connectivity index (χ2n) is 7.94. The molecule has 32 heavy (non-hydrogen) atoms. The Hall–Kier alpha value is -2.54. The maximum Gasteiger partial charge on any atom is 0.160 e. The van der Waals surface area contributed by atoms with E-state index in [1.807, 2.05) is 97.9 Å². The summed E-state index contributed by atoms with van der Waals surface area (Å²) in [4.78, 5) is 0. The number of hydrogen-bond acceptors (Lipinski definition) is 5. The SMILES string of the molecule is CCO[C@@H]1C[C@@H](O)[C@H](O)[C@@H](COC(c2ccccc2)(c2ccccc2)c2ccccc2)O1. The Kier molecular flexibility index (Phi) is 7.35. The molecule has 0 unspecified atom stereocenters. The Morgan fingerprint density at radius 1 is 0.812 bits per heavy atom. The van der Waals surface area contributed by atoms with E-state index in [1.165, 1.54) is 0 Å². The maximum atomic E-state index is 10.6. The fraction of sp³-hybridized carbons (Fsp3) is 0.333. The van der Waals surface area contributed by atoms with Crippen LogP contribution < -0.4 is 0 Å². The minimum Gasteiger partial charge on any atom is -0.390 e. The average Bonchev–Trinajstić information content (AvgIpc) is 2.84. The molecular formula is C27H30O5. The molecule has 2 N–H and O–H groups in total. The highest BCUT2D eigenvalue weighted by Gasteiger charge is 2.42. The lowest BCUT2D eigenvalue weighted by atomic mass is 9.80. The molecule has 1 aliphatic rings. The zero-order valence-electron chi connectivity index (χ0n) is 18.2. The zero-order chi connectivity index (χ0) is 22.4. The Bertz CT molecular complexity index is 851. The predicted octanol–water partition coefficient (Wildman–Crippen LogP) is 3.87. The highest BCUT2D eigenvalue weighted by Crippen LogP contribution is 2.41.